The first kappa shape index (κ1) is 17.2. The van der Waals surface area contributed by atoms with Crippen LogP contribution in [-0.2, 0) is 9.53 Å². The second-order valence-corrected chi connectivity index (χ2v) is 4.17. The normalized spacial score (nSPS) is 14.0. The molecule has 0 spiro atoms. The molecule has 0 saturated heterocycles. The SMILES string of the molecule is CCO[C@@H](/C=C/C(=O)O)[C@@H](O)c1ccccc1OCCO. The molecule has 116 valence electrons. The molecule has 6 heteroatoms. The van der Waals surface area contributed by atoms with Gasteiger partial charge in [0, 0.05) is 18.2 Å². The number of para-hydroxylation sites is 1. The Morgan fingerprint density at radius 3 is 2.71 bits per heavy atom. The Labute approximate surface area is 123 Å². The number of aliphatic hydroxyl groups is 2. The topological polar surface area (TPSA) is 96.2 Å². The number of hydrogen-bond acceptors (Lipinski definition) is 5. The highest BCUT2D eigenvalue weighted by molar-refractivity contribution is 5.79. The molecular formula is C15H20O6. The molecule has 0 unspecified atom stereocenters. The quantitative estimate of drug-likeness (QED) is 0.591. The van der Waals surface area contributed by atoms with Crippen LogP contribution in [0, 0.1) is 0 Å². The third-order valence-electron chi connectivity index (χ3n) is 2.69. The summed E-state index contributed by atoms with van der Waals surface area (Å²) in [4.78, 5) is 10.6. The number of carboxylic acids is 1. The summed E-state index contributed by atoms with van der Waals surface area (Å²) in [7, 11) is 0. The van der Waals surface area contributed by atoms with E-state index >= 15 is 0 Å². The Hall–Kier alpha value is -1.89. The predicted octanol–water partition coefficient (Wildman–Crippen LogP) is 1.14. The number of hydrogen-bond donors (Lipinski definition) is 3. The lowest BCUT2D eigenvalue weighted by atomic mass is 10.0. The average molecular weight is 296 g/mol. The van der Waals surface area contributed by atoms with E-state index in [1.807, 2.05) is 0 Å². The first-order valence-electron chi connectivity index (χ1n) is 6.63. The summed E-state index contributed by atoms with van der Waals surface area (Å²) in [5.41, 5.74) is 0.472. The van der Waals surface area contributed by atoms with E-state index in [2.05, 4.69) is 0 Å². The smallest absolute Gasteiger partial charge is 0.328 e. The number of ether oxygens (including phenoxy) is 2. The van der Waals surface area contributed by atoms with E-state index in [1.54, 1.807) is 31.2 Å². The van der Waals surface area contributed by atoms with Gasteiger partial charge in [0.15, 0.2) is 0 Å². The minimum atomic E-state index is -1.11. The highest BCUT2D eigenvalue weighted by Crippen LogP contribution is 2.29. The van der Waals surface area contributed by atoms with Crippen LogP contribution >= 0.6 is 0 Å². The standard InChI is InChI=1S/C15H20O6/c1-2-20-13(7-8-14(17)18)15(19)11-5-3-4-6-12(11)21-10-9-16/h3-8,13,15-16,19H,2,9-10H2,1H3,(H,17,18)/b8-7+/t13-,15-/m0/s1. The Morgan fingerprint density at radius 1 is 1.38 bits per heavy atom. The number of aliphatic hydroxyl groups excluding tert-OH is 2. The average Bonchev–Trinajstić information content (AvgIpc) is 2.48. The summed E-state index contributed by atoms with van der Waals surface area (Å²) in [5, 5.41) is 27.9. The molecule has 0 saturated carbocycles. The molecular weight excluding hydrogens is 276 g/mol. The van der Waals surface area contributed by atoms with Gasteiger partial charge in [-0.15, -0.1) is 0 Å². The van der Waals surface area contributed by atoms with Crippen molar-refractivity contribution >= 4 is 5.97 Å². The lowest BCUT2D eigenvalue weighted by molar-refractivity contribution is -0.131. The first-order chi connectivity index (χ1) is 10.1. The Morgan fingerprint density at radius 2 is 2.10 bits per heavy atom. The van der Waals surface area contributed by atoms with E-state index in [0.29, 0.717) is 17.9 Å². The maximum absolute atomic E-state index is 10.6. The monoisotopic (exact) mass is 296 g/mol. The number of benzene rings is 1. The van der Waals surface area contributed by atoms with Crippen LogP contribution in [0.2, 0.25) is 0 Å². The number of carbonyl (C=O) groups is 1. The van der Waals surface area contributed by atoms with Crippen molar-refractivity contribution in [3.8, 4) is 5.75 Å². The second-order valence-electron chi connectivity index (χ2n) is 4.17. The van der Waals surface area contributed by atoms with E-state index in [-0.39, 0.29) is 13.2 Å². The lowest BCUT2D eigenvalue weighted by Gasteiger charge is -2.22. The van der Waals surface area contributed by atoms with Crippen LogP contribution in [0.15, 0.2) is 36.4 Å². The van der Waals surface area contributed by atoms with Crippen molar-refractivity contribution in [3.05, 3.63) is 42.0 Å². The van der Waals surface area contributed by atoms with Gasteiger partial charge in [-0.05, 0) is 19.1 Å². The van der Waals surface area contributed by atoms with Crippen molar-refractivity contribution in [1.29, 1.82) is 0 Å². The molecule has 3 N–H and O–H groups in total. The van der Waals surface area contributed by atoms with Crippen LogP contribution in [0.3, 0.4) is 0 Å². The van der Waals surface area contributed by atoms with E-state index in [0.717, 1.165) is 6.08 Å². The van der Waals surface area contributed by atoms with Gasteiger partial charge in [-0.2, -0.15) is 0 Å². The van der Waals surface area contributed by atoms with Crippen LogP contribution in [-0.4, -0.2) is 47.2 Å². The van der Waals surface area contributed by atoms with Gasteiger partial charge in [0.2, 0.25) is 0 Å². The first-order valence-corrected chi connectivity index (χ1v) is 6.63. The van der Waals surface area contributed by atoms with Gasteiger partial charge >= 0.3 is 5.97 Å². The third-order valence-corrected chi connectivity index (χ3v) is 2.69. The molecule has 0 aromatic heterocycles. The zero-order valence-electron chi connectivity index (χ0n) is 11.8. The highest BCUT2D eigenvalue weighted by Gasteiger charge is 2.22. The van der Waals surface area contributed by atoms with Crippen molar-refractivity contribution < 1.29 is 29.6 Å². The zero-order chi connectivity index (χ0) is 15.7. The fourth-order valence-electron chi connectivity index (χ4n) is 1.81. The minimum absolute atomic E-state index is 0.105. The Bertz CT molecular complexity index is 471. The lowest BCUT2D eigenvalue weighted by Crippen LogP contribution is -2.21. The Balaban J connectivity index is 2.96. The molecule has 0 amide bonds. The van der Waals surface area contributed by atoms with Crippen LogP contribution in [0.1, 0.15) is 18.6 Å². The molecule has 6 nitrogen and oxygen atoms in total. The summed E-state index contributed by atoms with van der Waals surface area (Å²) in [6.07, 6.45) is 0.348. The van der Waals surface area contributed by atoms with Gasteiger partial charge in [0.25, 0.3) is 0 Å². The summed E-state index contributed by atoms with van der Waals surface area (Å²) in [5.74, 6) is -0.691. The van der Waals surface area contributed by atoms with E-state index < -0.39 is 18.2 Å². The summed E-state index contributed by atoms with van der Waals surface area (Å²) in [6.45, 7) is 2.04. The predicted molar refractivity (Wildman–Crippen MR) is 76.2 cm³/mol. The molecule has 1 rings (SSSR count). The number of rotatable bonds is 9. The summed E-state index contributed by atoms with van der Waals surface area (Å²) in [6, 6.07) is 6.80. The Kier molecular flexibility index (Phi) is 7.45. The van der Waals surface area contributed by atoms with Crippen LogP contribution < -0.4 is 4.74 Å². The molecule has 2 atom stereocenters. The highest BCUT2D eigenvalue weighted by atomic mass is 16.5. The zero-order valence-corrected chi connectivity index (χ0v) is 11.8. The van der Waals surface area contributed by atoms with Gasteiger partial charge < -0.3 is 24.8 Å². The van der Waals surface area contributed by atoms with Gasteiger partial charge in [-0.25, -0.2) is 4.79 Å². The largest absolute Gasteiger partial charge is 0.491 e. The van der Waals surface area contributed by atoms with E-state index in [9.17, 15) is 9.90 Å². The van der Waals surface area contributed by atoms with Crippen molar-refractivity contribution in [3.63, 3.8) is 0 Å². The summed E-state index contributed by atoms with van der Waals surface area (Å²) < 4.78 is 10.7. The van der Waals surface area contributed by atoms with Crippen LogP contribution in [0.25, 0.3) is 0 Å². The number of aliphatic carboxylic acids is 1. The molecule has 0 bridgehead atoms. The third kappa shape index (κ3) is 5.55. The second kappa shape index (κ2) is 9.12. The van der Waals surface area contributed by atoms with Crippen molar-refractivity contribution in [2.24, 2.45) is 0 Å². The summed E-state index contributed by atoms with van der Waals surface area (Å²) >= 11 is 0. The van der Waals surface area contributed by atoms with Gasteiger partial charge in [0.05, 0.1) is 6.61 Å². The van der Waals surface area contributed by atoms with Crippen LogP contribution in [0.4, 0.5) is 0 Å². The van der Waals surface area contributed by atoms with E-state index in [1.165, 1.54) is 6.08 Å². The molecule has 0 heterocycles. The fraction of sp³-hybridized carbons (Fsp3) is 0.400. The maximum Gasteiger partial charge on any atom is 0.328 e. The number of carboxylic acid groups (broad SMARTS) is 1. The molecule has 21 heavy (non-hydrogen) atoms. The maximum atomic E-state index is 10.6. The van der Waals surface area contributed by atoms with Crippen molar-refractivity contribution in [2.45, 2.75) is 19.1 Å². The molecule has 0 aliphatic rings. The van der Waals surface area contributed by atoms with Gasteiger partial charge in [-0.1, -0.05) is 18.2 Å². The molecule has 1 aromatic rings. The molecule has 1 aromatic carbocycles. The molecule has 0 radical (unpaired) electrons. The molecule has 0 fully saturated rings. The van der Waals surface area contributed by atoms with E-state index in [4.69, 9.17) is 19.7 Å². The molecule has 0 aliphatic carbocycles. The van der Waals surface area contributed by atoms with Gasteiger partial charge in [-0.3, -0.25) is 0 Å². The van der Waals surface area contributed by atoms with Crippen molar-refractivity contribution in [1.82, 2.24) is 0 Å². The fourth-order valence-corrected chi connectivity index (χ4v) is 1.81. The van der Waals surface area contributed by atoms with Gasteiger partial charge in [0.1, 0.15) is 24.6 Å². The minimum Gasteiger partial charge on any atom is -0.491 e. The molecule has 0 aliphatic heterocycles. The van der Waals surface area contributed by atoms with Crippen molar-refractivity contribution in [2.75, 3.05) is 19.8 Å². The van der Waals surface area contributed by atoms with Crippen LogP contribution in [0.5, 0.6) is 5.75 Å².